The van der Waals surface area contributed by atoms with Crippen LogP contribution in [0.4, 0.5) is 4.39 Å². The Balaban J connectivity index is 2.14. The molecular weight excluding hydrogens is 299 g/mol. The van der Waals surface area contributed by atoms with E-state index in [1.807, 2.05) is 6.92 Å². The molecule has 2 rings (SSSR count). The maximum Gasteiger partial charge on any atom is 0.251 e. The highest BCUT2D eigenvalue weighted by atomic mass is 32.2. The Morgan fingerprint density at radius 1 is 1.48 bits per heavy atom. The second-order valence-electron chi connectivity index (χ2n) is 5.31. The molecule has 0 bridgehead atoms. The van der Waals surface area contributed by atoms with Gasteiger partial charge in [0.05, 0.1) is 10.5 Å². The molecule has 1 aliphatic rings. The zero-order valence-corrected chi connectivity index (χ0v) is 12.4. The number of ether oxygens (including phenoxy) is 1. The summed E-state index contributed by atoms with van der Waals surface area (Å²) >= 11 is 0. The Morgan fingerprint density at radius 3 is 2.76 bits per heavy atom. The molecule has 0 saturated carbocycles. The Hall–Kier alpha value is -1.51. The maximum atomic E-state index is 13.4. The van der Waals surface area contributed by atoms with Crippen LogP contribution < -0.4 is 10.5 Å². The normalized spacial score (nSPS) is 22.2. The van der Waals surface area contributed by atoms with Gasteiger partial charge in [0.1, 0.15) is 5.82 Å². The molecule has 1 amide bonds. The molecule has 1 aromatic rings. The minimum atomic E-state index is -4.07. The molecule has 0 aliphatic carbocycles. The number of amides is 1. The second-order valence-corrected chi connectivity index (χ2v) is 6.87. The fourth-order valence-corrected chi connectivity index (χ4v) is 2.77. The fraction of sp³-hybridized carbons (Fsp3) is 0.462. The molecule has 3 N–H and O–H groups in total. The lowest BCUT2D eigenvalue weighted by atomic mass is 10.0. The van der Waals surface area contributed by atoms with Crippen LogP contribution in [0.15, 0.2) is 23.1 Å². The molecule has 1 aromatic carbocycles. The number of carbonyl (C=O) groups is 1. The molecule has 6 nitrogen and oxygen atoms in total. The summed E-state index contributed by atoms with van der Waals surface area (Å²) in [7, 11) is -4.07. The van der Waals surface area contributed by atoms with Crippen LogP contribution in [0.2, 0.25) is 0 Å². The maximum absolute atomic E-state index is 13.4. The van der Waals surface area contributed by atoms with E-state index in [1.54, 1.807) is 0 Å². The van der Waals surface area contributed by atoms with Gasteiger partial charge in [0.2, 0.25) is 10.0 Å². The summed E-state index contributed by atoms with van der Waals surface area (Å²) in [5, 5.41) is 7.56. The number of carbonyl (C=O) groups excluding carboxylic acids is 1. The van der Waals surface area contributed by atoms with Crippen molar-refractivity contribution in [2.75, 3.05) is 13.2 Å². The van der Waals surface area contributed by atoms with Gasteiger partial charge >= 0.3 is 0 Å². The van der Waals surface area contributed by atoms with Crippen LogP contribution in [0.25, 0.3) is 0 Å². The third kappa shape index (κ3) is 3.99. The number of primary sulfonamides is 1. The highest BCUT2D eigenvalue weighted by Gasteiger charge is 2.30. The van der Waals surface area contributed by atoms with Gasteiger partial charge in [0, 0.05) is 18.7 Å². The van der Waals surface area contributed by atoms with E-state index in [1.165, 1.54) is 0 Å². The van der Waals surface area contributed by atoms with Gasteiger partial charge < -0.3 is 10.1 Å². The van der Waals surface area contributed by atoms with Gasteiger partial charge in [-0.3, -0.25) is 4.79 Å². The first-order valence-electron chi connectivity index (χ1n) is 6.45. The summed E-state index contributed by atoms with van der Waals surface area (Å²) in [5.74, 6) is -1.41. The second kappa shape index (κ2) is 5.70. The topological polar surface area (TPSA) is 98.5 Å². The molecule has 0 spiro atoms. The molecule has 1 heterocycles. The molecule has 8 heteroatoms. The molecule has 1 unspecified atom stereocenters. The molecule has 21 heavy (non-hydrogen) atoms. The number of benzene rings is 1. The number of nitrogens with two attached hydrogens (primary N) is 1. The van der Waals surface area contributed by atoms with E-state index in [0.29, 0.717) is 6.61 Å². The van der Waals surface area contributed by atoms with Crippen LogP contribution in [-0.4, -0.2) is 33.1 Å². The summed E-state index contributed by atoms with van der Waals surface area (Å²) in [6.07, 6.45) is 1.74. The Morgan fingerprint density at radius 2 is 2.19 bits per heavy atom. The monoisotopic (exact) mass is 316 g/mol. The van der Waals surface area contributed by atoms with E-state index in [0.717, 1.165) is 31.0 Å². The number of hydrogen-bond donors (Lipinski definition) is 2. The largest absolute Gasteiger partial charge is 0.373 e. The first-order chi connectivity index (χ1) is 9.70. The van der Waals surface area contributed by atoms with Crippen LogP contribution in [0.5, 0.6) is 0 Å². The third-order valence-corrected chi connectivity index (χ3v) is 4.28. The summed E-state index contributed by atoms with van der Waals surface area (Å²) in [6, 6.07) is 2.78. The molecular formula is C13H17FN2O4S. The van der Waals surface area contributed by atoms with E-state index >= 15 is 0 Å². The lowest BCUT2D eigenvalue weighted by Gasteiger charge is -2.23. The molecule has 0 radical (unpaired) electrons. The summed E-state index contributed by atoms with van der Waals surface area (Å²) < 4.78 is 41.4. The van der Waals surface area contributed by atoms with Crippen molar-refractivity contribution in [3.63, 3.8) is 0 Å². The van der Waals surface area contributed by atoms with Crippen LogP contribution >= 0.6 is 0 Å². The van der Waals surface area contributed by atoms with E-state index in [9.17, 15) is 17.6 Å². The van der Waals surface area contributed by atoms with Gasteiger partial charge in [-0.2, -0.15) is 0 Å². The van der Waals surface area contributed by atoms with Gasteiger partial charge in [-0.1, -0.05) is 0 Å². The Labute approximate surface area is 122 Å². The van der Waals surface area contributed by atoms with Crippen molar-refractivity contribution in [2.24, 2.45) is 5.14 Å². The SMILES string of the molecule is CC1(CNC(=O)c2cc(F)cc(S(N)(=O)=O)c2)CCCO1. The number of rotatable bonds is 4. The van der Waals surface area contributed by atoms with Crippen LogP contribution in [-0.2, 0) is 14.8 Å². The highest BCUT2D eigenvalue weighted by molar-refractivity contribution is 7.89. The smallest absolute Gasteiger partial charge is 0.251 e. The van der Waals surface area contributed by atoms with Crippen LogP contribution in [0.1, 0.15) is 30.1 Å². The predicted octanol–water partition coefficient (Wildman–Crippen LogP) is 0.772. The molecule has 0 aromatic heterocycles. The number of nitrogens with one attached hydrogen (secondary N) is 1. The Bertz CT molecular complexity index is 654. The molecule has 1 saturated heterocycles. The number of sulfonamides is 1. The summed E-state index contributed by atoms with van der Waals surface area (Å²) in [5.41, 5.74) is -0.535. The first kappa shape index (κ1) is 15.9. The summed E-state index contributed by atoms with van der Waals surface area (Å²) in [6.45, 7) is 2.79. The number of halogens is 1. The average molecular weight is 316 g/mol. The highest BCUT2D eigenvalue weighted by Crippen LogP contribution is 2.24. The van der Waals surface area contributed by atoms with Gasteiger partial charge in [0.15, 0.2) is 0 Å². The van der Waals surface area contributed by atoms with Gasteiger partial charge in [-0.05, 0) is 38.0 Å². The van der Waals surface area contributed by atoms with Crippen molar-refractivity contribution in [1.82, 2.24) is 5.32 Å². The zero-order chi connectivity index (χ0) is 15.7. The standard InChI is InChI=1S/C13H17FN2O4S/c1-13(3-2-4-20-13)8-16-12(17)9-5-10(14)7-11(6-9)21(15,18)19/h5-7H,2-4,8H2,1H3,(H,16,17)(H2,15,18,19). The molecule has 1 fully saturated rings. The van der Waals surface area contributed by atoms with Crippen molar-refractivity contribution in [3.8, 4) is 0 Å². The first-order valence-corrected chi connectivity index (χ1v) is 8.00. The van der Waals surface area contributed by atoms with Crippen molar-refractivity contribution in [2.45, 2.75) is 30.3 Å². The van der Waals surface area contributed by atoms with Gasteiger partial charge in [-0.15, -0.1) is 0 Å². The summed E-state index contributed by atoms with van der Waals surface area (Å²) in [4.78, 5) is 11.6. The van der Waals surface area contributed by atoms with Crippen molar-refractivity contribution in [3.05, 3.63) is 29.6 Å². The van der Waals surface area contributed by atoms with Gasteiger partial charge in [0.25, 0.3) is 5.91 Å². The number of hydrogen-bond acceptors (Lipinski definition) is 4. The van der Waals surface area contributed by atoms with Crippen molar-refractivity contribution < 1.29 is 22.3 Å². The Kier molecular flexibility index (Phi) is 4.31. The minimum Gasteiger partial charge on any atom is -0.373 e. The van der Waals surface area contributed by atoms with Gasteiger partial charge in [-0.25, -0.2) is 17.9 Å². The zero-order valence-electron chi connectivity index (χ0n) is 11.6. The van der Waals surface area contributed by atoms with Crippen molar-refractivity contribution in [1.29, 1.82) is 0 Å². The van der Waals surface area contributed by atoms with Crippen molar-refractivity contribution >= 4 is 15.9 Å². The quantitative estimate of drug-likeness (QED) is 0.857. The average Bonchev–Trinajstić information content (AvgIpc) is 2.82. The third-order valence-electron chi connectivity index (χ3n) is 3.39. The van der Waals surface area contributed by atoms with E-state index in [4.69, 9.17) is 9.88 Å². The molecule has 1 atom stereocenters. The lowest BCUT2D eigenvalue weighted by molar-refractivity contribution is 0.0206. The van der Waals surface area contributed by atoms with E-state index in [-0.39, 0.29) is 12.1 Å². The molecule has 1 aliphatic heterocycles. The van der Waals surface area contributed by atoms with E-state index < -0.39 is 32.2 Å². The van der Waals surface area contributed by atoms with E-state index in [2.05, 4.69) is 5.32 Å². The minimum absolute atomic E-state index is 0.0966. The predicted molar refractivity (Wildman–Crippen MR) is 73.7 cm³/mol. The van der Waals surface area contributed by atoms with Crippen LogP contribution in [0.3, 0.4) is 0 Å². The van der Waals surface area contributed by atoms with Crippen LogP contribution in [0, 0.1) is 5.82 Å². The lowest BCUT2D eigenvalue weighted by Crippen LogP contribution is -2.40. The molecule has 116 valence electrons. The fourth-order valence-electron chi connectivity index (χ4n) is 2.20.